The summed E-state index contributed by atoms with van der Waals surface area (Å²) in [6, 6.07) is 13.6. The molecule has 0 N–H and O–H groups in total. The van der Waals surface area contributed by atoms with E-state index in [1.165, 1.54) is 14.0 Å². The maximum absolute atomic E-state index is 12.0. The molecule has 2 aromatic carbocycles. The van der Waals surface area contributed by atoms with E-state index in [2.05, 4.69) is 0 Å². The lowest BCUT2D eigenvalue weighted by atomic mass is 9.98. The number of esters is 5. The van der Waals surface area contributed by atoms with Crippen molar-refractivity contribution in [2.75, 3.05) is 13.7 Å². The Bertz CT molecular complexity index is 1220. The van der Waals surface area contributed by atoms with E-state index in [0.29, 0.717) is 11.3 Å². The van der Waals surface area contributed by atoms with Gasteiger partial charge in [0.15, 0.2) is 12.2 Å². The second-order valence-electron chi connectivity index (χ2n) is 8.78. The predicted molar refractivity (Wildman–Crippen MR) is 136 cm³/mol. The van der Waals surface area contributed by atoms with Crippen molar-refractivity contribution in [1.82, 2.24) is 0 Å². The van der Waals surface area contributed by atoms with E-state index in [9.17, 15) is 24.0 Å². The summed E-state index contributed by atoms with van der Waals surface area (Å²) in [4.78, 5) is 59.0. The second-order valence-corrected chi connectivity index (χ2v) is 8.78. The lowest BCUT2D eigenvalue weighted by Crippen LogP contribution is -2.63. The molecule has 0 aliphatic carbocycles. The zero-order valence-corrected chi connectivity index (χ0v) is 22.6. The molecule has 1 saturated heterocycles. The largest absolute Gasteiger partial charge is 0.465 e. The van der Waals surface area contributed by atoms with Crippen molar-refractivity contribution in [3.05, 3.63) is 54.1 Å². The molecular formula is C28H30O12. The molecule has 1 fully saturated rings. The number of ether oxygens (including phenoxy) is 7. The Labute approximate surface area is 230 Å². The molecule has 5 atom stereocenters. The van der Waals surface area contributed by atoms with Crippen LogP contribution in [0.1, 0.15) is 38.1 Å². The van der Waals surface area contributed by atoms with Crippen molar-refractivity contribution in [3.8, 4) is 16.9 Å². The molecule has 1 aliphatic rings. The summed E-state index contributed by atoms with van der Waals surface area (Å²) in [7, 11) is 1.31. The molecule has 0 unspecified atom stereocenters. The van der Waals surface area contributed by atoms with E-state index >= 15 is 0 Å². The highest BCUT2D eigenvalue weighted by atomic mass is 16.7. The van der Waals surface area contributed by atoms with Crippen LogP contribution in [0.4, 0.5) is 0 Å². The molecule has 3 rings (SSSR count). The Morgan fingerprint density at radius 2 is 1.18 bits per heavy atom. The highest BCUT2D eigenvalue weighted by Gasteiger charge is 2.53. The minimum absolute atomic E-state index is 0.302. The number of hydrogen-bond donors (Lipinski definition) is 0. The van der Waals surface area contributed by atoms with Gasteiger partial charge in [0.05, 0.1) is 12.7 Å². The molecule has 2 aromatic rings. The van der Waals surface area contributed by atoms with Crippen LogP contribution in [-0.4, -0.2) is 74.3 Å². The van der Waals surface area contributed by atoms with Gasteiger partial charge in [-0.05, 0) is 35.4 Å². The molecule has 0 spiro atoms. The Morgan fingerprint density at radius 1 is 0.675 bits per heavy atom. The van der Waals surface area contributed by atoms with Crippen LogP contribution in [0.5, 0.6) is 5.75 Å². The number of hydrogen-bond acceptors (Lipinski definition) is 12. The van der Waals surface area contributed by atoms with Gasteiger partial charge in [0, 0.05) is 27.7 Å². The molecule has 12 nitrogen and oxygen atoms in total. The summed E-state index contributed by atoms with van der Waals surface area (Å²) in [6.07, 6.45) is -6.42. The average Bonchev–Trinajstić information content (AvgIpc) is 2.90. The molecule has 1 aliphatic heterocycles. The van der Waals surface area contributed by atoms with E-state index < -0.39 is 60.6 Å². The van der Waals surface area contributed by atoms with Gasteiger partial charge in [0.25, 0.3) is 0 Å². The standard InChI is InChI=1S/C28H30O12/c1-15(29)35-14-23-24(36-16(2)30)25(37-17(3)31)26(38-18(4)32)28(40-23)39-22-12-10-20(11-13-22)19-6-8-21(9-7-19)27(33)34-5/h6-13,23-26,28H,14H2,1-5H3/t23-,24-,25+,26+,28-/m1/s1. The fourth-order valence-corrected chi connectivity index (χ4v) is 4.06. The van der Waals surface area contributed by atoms with Crippen LogP contribution in [0, 0.1) is 0 Å². The van der Waals surface area contributed by atoms with Crippen LogP contribution in [-0.2, 0) is 47.6 Å². The summed E-state index contributed by atoms with van der Waals surface area (Å²) in [5, 5.41) is 0. The molecular weight excluding hydrogens is 528 g/mol. The number of rotatable bonds is 9. The van der Waals surface area contributed by atoms with Gasteiger partial charge in [-0.15, -0.1) is 0 Å². The first-order valence-corrected chi connectivity index (χ1v) is 12.2. The third-order valence-corrected chi connectivity index (χ3v) is 5.69. The van der Waals surface area contributed by atoms with Crippen LogP contribution in [0.2, 0.25) is 0 Å². The Morgan fingerprint density at radius 3 is 1.68 bits per heavy atom. The van der Waals surface area contributed by atoms with Crippen molar-refractivity contribution in [2.24, 2.45) is 0 Å². The van der Waals surface area contributed by atoms with E-state index in [0.717, 1.165) is 31.9 Å². The Balaban J connectivity index is 1.89. The van der Waals surface area contributed by atoms with Crippen LogP contribution >= 0.6 is 0 Å². The minimum Gasteiger partial charge on any atom is -0.465 e. The van der Waals surface area contributed by atoms with Gasteiger partial charge in [0.2, 0.25) is 12.4 Å². The second kappa shape index (κ2) is 13.6. The van der Waals surface area contributed by atoms with E-state index in [1.54, 1.807) is 48.5 Å². The minimum atomic E-state index is -1.34. The smallest absolute Gasteiger partial charge is 0.337 e. The molecule has 0 bridgehead atoms. The lowest BCUT2D eigenvalue weighted by Gasteiger charge is -2.43. The molecule has 214 valence electrons. The van der Waals surface area contributed by atoms with Gasteiger partial charge in [-0.25, -0.2) is 4.79 Å². The first kappa shape index (κ1) is 30.1. The lowest BCUT2D eigenvalue weighted by molar-refractivity contribution is -0.288. The number of benzene rings is 2. The number of carbonyl (C=O) groups is 5. The van der Waals surface area contributed by atoms with Crippen LogP contribution in [0.3, 0.4) is 0 Å². The average molecular weight is 559 g/mol. The number of methoxy groups -OCH3 is 1. The fourth-order valence-electron chi connectivity index (χ4n) is 4.06. The fraction of sp³-hybridized carbons (Fsp3) is 0.393. The van der Waals surface area contributed by atoms with Crippen LogP contribution < -0.4 is 4.74 Å². The molecule has 0 radical (unpaired) electrons. The summed E-state index contributed by atoms with van der Waals surface area (Å²) in [5.74, 6) is -2.96. The van der Waals surface area contributed by atoms with Gasteiger partial charge in [0.1, 0.15) is 18.5 Å². The molecule has 0 aromatic heterocycles. The maximum Gasteiger partial charge on any atom is 0.337 e. The van der Waals surface area contributed by atoms with Gasteiger partial charge in [-0.2, -0.15) is 0 Å². The zero-order valence-electron chi connectivity index (χ0n) is 22.6. The molecule has 0 amide bonds. The van der Waals surface area contributed by atoms with Gasteiger partial charge in [-0.1, -0.05) is 24.3 Å². The third-order valence-electron chi connectivity index (χ3n) is 5.69. The third kappa shape index (κ3) is 8.03. The quantitative estimate of drug-likeness (QED) is 0.329. The van der Waals surface area contributed by atoms with Crippen molar-refractivity contribution in [3.63, 3.8) is 0 Å². The molecule has 12 heteroatoms. The molecule has 40 heavy (non-hydrogen) atoms. The maximum atomic E-state index is 12.0. The summed E-state index contributed by atoms with van der Waals surface area (Å²) in [5.41, 5.74) is 2.05. The van der Waals surface area contributed by atoms with Crippen molar-refractivity contribution in [1.29, 1.82) is 0 Å². The number of carbonyl (C=O) groups excluding carboxylic acids is 5. The van der Waals surface area contributed by atoms with E-state index in [1.807, 2.05) is 0 Å². The van der Waals surface area contributed by atoms with Crippen molar-refractivity contribution < 1.29 is 57.1 Å². The first-order valence-electron chi connectivity index (χ1n) is 12.2. The Hall–Kier alpha value is -4.45. The van der Waals surface area contributed by atoms with Crippen molar-refractivity contribution >= 4 is 29.8 Å². The van der Waals surface area contributed by atoms with Crippen LogP contribution in [0.15, 0.2) is 48.5 Å². The van der Waals surface area contributed by atoms with E-state index in [-0.39, 0.29) is 6.61 Å². The SMILES string of the molecule is COC(=O)c1ccc(-c2ccc(O[C@@H]3O[C@H](COC(C)=O)[C@@H](OC(C)=O)[C@H](OC(C)=O)[C@@H]3OC(C)=O)cc2)cc1. The highest BCUT2D eigenvalue weighted by molar-refractivity contribution is 5.90. The highest BCUT2D eigenvalue weighted by Crippen LogP contribution is 2.32. The zero-order chi connectivity index (χ0) is 29.4. The Kier molecular flexibility index (Phi) is 10.2. The predicted octanol–water partition coefficient (Wildman–Crippen LogP) is 2.60. The normalized spacial score (nSPS) is 21.9. The van der Waals surface area contributed by atoms with Crippen molar-refractivity contribution in [2.45, 2.75) is 58.4 Å². The summed E-state index contributed by atoms with van der Waals surface area (Å²) in [6.45, 7) is 4.25. The topological polar surface area (TPSA) is 150 Å². The van der Waals surface area contributed by atoms with Gasteiger partial charge >= 0.3 is 29.8 Å². The van der Waals surface area contributed by atoms with Crippen LogP contribution in [0.25, 0.3) is 11.1 Å². The summed E-state index contributed by atoms with van der Waals surface area (Å²) < 4.78 is 37.9. The monoisotopic (exact) mass is 558 g/mol. The van der Waals surface area contributed by atoms with Gasteiger partial charge in [-0.3, -0.25) is 19.2 Å². The first-order chi connectivity index (χ1) is 19.0. The van der Waals surface area contributed by atoms with Gasteiger partial charge < -0.3 is 33.2 Å². The summed E-state index contributed by atoms with van der Waals surface area (Å²) >= 11 is 0. The molecule has 0 saturated carbocycles. The molecule has 1 heterocycles. The van der Waals surface area contributed by atoms with E-state index in [4.69, 9.17) is 33.2 Å².